The molecule has 206 valence electrons. The first kappa shape index (κ1) is 26.8. The predicted molar refractivity (Wildman–Crippen MR) is 145 cm³/mol. The average Bonchev–Trinajstić information content (AvgIpc) is 2.98. The van der Waals surface area contributed by atoms with Crippen molar-refractivity contribution in [1.29, 1.82) is 0 Å². The fourth-order valence-electron chi connectivity index (χ4n) is 5.11. The van der Waals surface area contributed by atoms with Crippen LogP contribution in [0.5, 0.6) is 5.75 Å². The van der Waals surface area contributed by atoms with E-state index in [2.05, 4.69) is 30.3 Å². The molecule has 3 aromatic rings. The Hall–Kier alpha value is -3.82. The Bertz CT molecular complexity index is 1260. The van der Waals surface area contributed by atoms with Gasteiger partial charge in [-0.3, -0.25) is 0 Å². The number of nitrogens with zero attached hydrogens (tertiary/aromatic N) is 2. The molecule has 3 aromatic carbocycles. The summed E-state index contributed by atoms with van der Waals surface area (Å²) >= 11 is 0. The van der Waals surface area contributed by atoms with Crippen molar-refractivity contribution < 1.29 is 33.6 Å². The van der Waals surface area contributed by atoms with Gasteiger partial charge in [0, 0.05) is 25.6 Å². The quantitative estimate of drug-likeness (QED) is 0.417. The topological polar surface area (TPSA) is 97.8 Å². The van der Waals surface area contributed by atoms with Crippen LogP contribution in [0.2, 0.25) is 0 Å². The molecule has 2 aliphatic rings. The molecule has 2 saturated heterocycles. The van der Waals surface area contributed by atoms with E-state index < -0.39 is 6.09 Å². The fourth-order valence-corrected chi connectivity index (χ4v) is 5.11. The standard InChI is InChI=1S/C30H34N2O7/c33-29(34)32-12-11-27(28(20-32)39-21-22-5-6-23-3-1-2-4-25(23)19-22)24-7-9-26(10-8-24)37-17-18-38-30(35)31-13-15-36-16-14-31/h1-10,19,27-28H,11-18,20-21H2,(H,33,34). The lowest BCUT2D eigenvalue weighted by molar-refractivity contribution is -0.0199. The molecular weight excluding hydrogens is 500 g/mol. The minimum atomic E-state index is -0.925. The molecule has 0 bridgehead atoms. The Morgan fingerprint density at radius 1 is 0.897 bits per heavy atom. The lowest BCUT2D eigenvalue weighted by Gasteiger charge is -2.37. The third-order valence-corrected chi connectivity index (χ3v) is 7.26. The number of carboxylic acid groups (broad SMARTS) is 1. The number of rotatable bonds is 8. The molecule has 0 saturated carbocycles. The van der Waals surface area contributed by atoms with Crippen molar-refractivity contribution in [3.63, 3.8) is 0 Å². The van der Waals surface area contributed by atoms with Gasteiger partial charge in [0.2, 0.25) is 0 Å². The molecule has 2 atom stereocenters. The monoisotopic (exact) mass is 534 g/mol. The summed E-state index contributed by atoms with van der Waals surface area (Å²) in [5, 5.41) is 11.9. The molecule has 2 unspecified atom stereocenters. The Morgan fingerprint density at radius 3 is 2.44 bits per heavy atom. The van der Waals surface area contributed by atoms with Gasteiger partial charge in [0.05, 0.1) is 32.5 Å². The number of carbonyl (C=O) groups is 2. The van der Waals surface area contributed by atoms with Crippen molar-refractivity contribution in [1.82, 2.24) is 9.80 Å². The summed E-state index contributed by atoms with van der Waals surface area (Å²) in [6.07, 6.45) is -0.870. The highest BCUT2D eigenvalue weighted by Gasteiger charge is 2.33. The minimum Gasteiger partial charge on any atom is -0.490 e. The molecule has 39 heavy (non-hydrogen) atoms. The Balaban J connectivity index is 1.16. The van der Waals surface area contributed by atoms with Crippen LogP contribution in [0.4, 0.5) is 9.59 Å². The number of hydrogen-bond acceptors (Lipinski definition) is 6. The number of benzene rings is 3. The van der Waals surface area contributed by atoms with Gasteiger partial charge in [-0.2, -0.15) is 0 Å². The van der Waals surface area contributed by atoms with Crippen molar-refractivity contribution >= 4 is 23.0 Å². The highest BCUT2D eigenvalue weighted by Crippen LogP contribution is 2.32. The second-order valence-electron chi connectivity index (χ2n) is 9.79. The molecule has 2 amide bonds. The number of hydrogen-bond donors (Lipinski definition) is 1. The van der Waals surface area contributed by atoms with Crippen LogP contribution < -0.4 is 4.74 Å². The van der Waals surface area contributed by atoms with Crippen LogP contribution in [0.25, 0.3) is 10.8 Å². The van der Waals surface area contributed by atoms with E-state index in [1.165, 1.54) is 10.3 Å². The SMILES string of the molecule is O=C(O)N1CCC(c2ccc(OCCOC(=O)N3CCOCC3)cc2)C(OCc2ccc3ccccc3c2)C1. The number of piperidine rings is 1. The first-order chi connectivity index (χ1) is 19.1. The van der Waals surface area contributed by atoms with E-state index in [1.54, 1.807) is 4.90 Å². The summed E-state index contributed by atoms with van der Waals surface area (Å²) in [5.74, 6) is 0.738. The molecule has 1 N–H and O–H groups in total. The van der Waals surface area contributed by atoms with E-state index in [0.29, 0.717) is 58.2 Å². The lowest BCUT2D eigenvalue weighted by atomic mass is 9.87. The van der Waals surface area contributed by atoms with Crippen LogP contribution in [-0.2, 0) is 20.8 Å². The number of amides is 2. The van der Waals surface area contributed by atoms with Gasteiger partial charge in [-0.25, -0.2) is 9.59 Å². The second kappa shape index (κ2) is 12.8. The van der Waals surface area contributed by atoms with E-state index in [4.69, 9.17) is 18.9 Å². The first-order valence-electron chi connectivity index (χ1n) is 13.4. The molecule has 2 heterocycles. The van der Waals surface area contributed by atoms with E-state index >= 15 is 0 Å². The van der Waals surface area contributed by atoms with Crippen molar-refractivity contribution in [2.24, 2.45) is 0 Å². The van der Waals surface area contributed by atoms with Crippen molar-refractivity contribution in [3.8, 4) is 5.75 Å². The second-order valence-corrected chi connectivity index (χ2v) is 9.79. The summed E-state index contributed by atoms with van der Waals surface area (Å²) in [6, 6.07) is 22.2. The van der Waals surface area contributed by atoms with Crippen molar-refractivity contribution in [3.05, 3.63) is 77.9 Å². The van der Waals surface area contributed by atoms with Crippen LogP contribution >= 0.6 is 0 Å². The van der Waals surface area contributed by atoms with E-state index in [0.717, 1.165) is 16.5 Å². The lowest BCUT2D eigenvalue weighted by Crippen LogP contribution is -2.46. The molecular formula is C30H34N2O7. The molecule has 2 aliphatic heterocycles. The summed E-state index contributed by atoms with van der Waals surface area (Å²) in [5.41, 5.74) is 2.13. The Morgan fingerprint density at radius 2 is 1.67 bits per heavy atom. The fraction of sp³-hybridized carbons (Fsp3) is 0.400. The molecule has 0 radical (unpaired) electrons. The van der Waals surface area contributed by atoms with Crippen molar-refractivity contribution in [2.45, 2.75) is 25.0 Å². The Kier molecular flexibility index (Phi) is 8.80. The van der Waals surface area contributed by atoms with Gasteiger partial charge < -0.3 is 33.9 Å². The van der Waals surface area contributed by atoms with E-state index in [9.17, 15) is 14.7 Å². The van der Waals surface area contributed by atoms with Crippen molar-refractivity contribution in [2.75, 3.05) is 52.6 Å². The van der Waals surface area contributed by atoms with E-state index in [-0.39, 0.29) is 31.3 Å². The van der Waals surface area contributed by atoms with Crippen LogP contribution in [0, 0.1) is 0 Å². The summed E-state index contributed by atoms with van der Waals surface area (Å²) in [7, 11) is 0. The molecule has 0 aromatic heterocycles. The van der Waals surface area contributed by atoms with Gasteiger partial charge >= 0.3 is 12.2 Å². The zero-order chi connectivity index (χ0) is 27.0. The van der Waals surface area contributed by atoms with Crippen LogP contribution in [-0.4, -0.2) is 85.8 Å². The molecule has 5 rings (SSSR count). The molecule has 2 fully saturated rings. The third-order valence-electron chi connectivity index (χ3n) is 7.26. The third kappa shape index (κ3) is 6.99. The highest BCUT2D eigenvalue weighted by atomic mass is 16.6. The zero-order valence-corrected chi connectivity index (χ0v) is 21.9. The Labute approximate surface area is 227 Å². The van der Waals surface area contributed by atoms with Gasteiger partial charge in [-0.15, -0.1) is 0 Å². The van der Waals surface area contributed by atoms with Gasteiger partial charge in [0.15, 0.2) is 0 Å². The molecule has 9 nitrogen and oxygen atoms in total. The number of ether oxygens (including phenoxy) is 4. The number of likely N-dealkylation sites (tertiary alicyclic amines) is 1. The van der Waals surface area contributed by atoms with Gasteiger partial charge in [-0.05, 0) is 46.5 Å². The maximum Gasteiger partial charge on any atom is 0.410 e. The smallest absolute Gasteiger partial charge is 0.410 e. The van der Waals surface area contributed by atoms with Crippen LogP contribution in [0.15, 0.2) is 66.7 Å². The number of fused-ring (bicyclic) bond motifs is 1. The van der Waals surface area contributed by atoms with Gasteiger partial charge in [0.1, 0.15) is 19.0 Å². The normalized spacial score (nSPS) is 19.6. The summed E-state index contributed by atoms with van der Waals surface area (Å²) in [4.78, 5) is 26.8. The highest BCUT2D eigenvalue weighted by molar-refractivity contribution is 5.82. The number of morpholine rings is 1. The number of carbonyl (C=O) groups excluding carboxylic acids is 1. The molecule has 0 aliphatic carbocycles. The summed E-state index contributed by atoms with van der Waals surface area (Å²) < 4.78 is 22.7. The largest absolute Gasteiger partial charge is 0.490 e. The van der Waals surface area contributed by atoms with E-state index in [1.807, 2.05) is 36.4 Å². The maximum atomic E-state index is 12.1. The average molecular weight is 535 g/mol. The predicted octanol–water partition coefficient (Wildman–Crippen LogP) is 4.74. The minimum absolute atomic E-state index is 0.0598. The van der Waals surface area contributed by atoms with Gasteiger partial charge in [-0.1, -0.05) is 48.5 Å². The summed E-state index contributed by atoms with van der Waals surface area (Å²) in [6.45, 7) is 3.75. The van der Waals surface area contributed by atoms with Crippen LogP contribution in [0.1, 0.15) is 23.5 Å². The zero-order valence-electron chi connectivity index (χ0n) is 21.9. The molecule has 0 spiro atoms. The maximum absolute atomic E-state index is 12.1. The van der Waals surface area contributed by atoms with Crippen LogP contribution in [0.3, 0.4) is 0 Å². The van der Waals surface area contributed by atoms with Gasteiger partial charge in [0.25, 0.3) is 0 Å². The first-order valence-corrected chi connectivity index (χ1v) is 13.4. The molecule has 9 heteroatoms.